The van der Waals surface area contributed by atoms with E-state index in [1.54, 1.807) is 30.7 Å². The fraction of sp³-hybridized carbons (Fsp3) is 0.231. The van der Waals surface area contributed by atoms with Gasteiger partial charge in [0, 0.05) is 11.3 Å². The highest BCUT2D eigenvalue weighted by Crippen LogP contribution is 2.23. The van der Waals surface area contributed by atoms with Crippen LogP contribution in [-0.2, 0) is 4.79 Å². The lowest BCUT2D eigenvalue weighted by Gasteiger charge is -2.08. The Morgan fingerprint density at radius 2 is 1.95 bits per heavy atom. The number of aliphatic carboxylic acids is 1. The maximum absolute atomic E-state index is 12.9. The summed E-state index contributed by atoms with van der Waals surface area (Å²) in [6.45, 7) is 3.44. The minimum atomic E-state index is -1.12. The molecule has 2 aromatic rings. The summed E-state index contributed by atoms with van der Waals surface area (Å²) in [5, 5.41) is 13.3. The number of hydrogen-bond acceptors (Lipinski definition) is 3. The predicted octanol–water partition coefficient (Wildman–Crippen LogP) is 1.71. The number of nitrogens with two attached hydrogens (primary N) is 1. The van der Waals surface area contributed by atoms with Crippen LogP contribution in [0, 0.1) is 19.7 Å². The third kappa shape index (κ3) is 2.34. The van der Waals surface area contributed by atoms with E-state index in [9.17, 15) is 9.18 Å². The van der Waals surface area contributed by atoms with Crippen LogP contribution in [0.4, 0.5) is 4.39 Å². The molecule has 100 valence electrons. The van der Waals surface area contributed by atoms with Crippen molar-refractivity contribution in [1.29, 1.82) is 0 Å². The normalized spacial score (nSPS) is 12.4. The molecule has 1 aromatic heterocycles. The Kier molecular flexibility index (Phi) is 3.35. The maximum atomic E-state index is 12.9. The van der Waals surface area contributed by atoms with Gasteiger partial charge in [-0.15, -0.1) is 0 Å². The Bertz CT molecular complexity index is 620. The first-order valence-corrected chi connectivity index (χ1v) is 5.72. The molecule has 1 unspecified atom stereocenters. The van der Waals surface area contributed by atoms with Gasteiger partial charge in [-0.3, -0.25) is 4.79 Å². The molecule has 0 saturated heterocycles. The van der Waals surface area contributed by atoms with Crippen LogP contribution in [0.3, 0.4) is 0 Å². The topological polar surface area (TPSA) is 81.1 Å². The zero-order valence-corrected chi connectivity index (χ0v) is 10.6. The van der Waals surface area contributed by atoms with Crippen molar-refractivity contribution >= 4 is 5.97 Å². The summed E-state index contributed by atoms with van der Waals surface area (Å²) in [6, 6.07) is 4.68. The van der Waals surface area contributed by atoms with Gasteiger partial charge in [-0.05, 0) is 38.1 Å². The second-order valence-electron chi connectivity index (χ2n) is 4.29. The number of carboxylic acids is 1. The fourth-order valence-electron chi connectivity index (χ4n) is 2.06. The van der Waals surface area contributed by atoms with E-state index in [4.69, 9.17) is 10.8 Å². The third-order valence-corrected chi connectivity index (χ3v) is 3.00. The molecule has 19 heavy (non-hydrogen) atoms. The number of halogens is 1. The van der Waals surface area contributed by atoms with Crippen molar-refractivity contribution in [2.45, 2.75) is 19.9 Å². The first-order valence-electron chi connectivity index (χ1n) is 5.72. The number of aryl methyl sites for hydroxylation is 1. The molecular weight excluding hydrogens is 249 g/mol. The van der Waals surface area contributed by atoms with Gasteiger partial charge >= 0.3 is 5.97 Å². The molecule has 0 aliphatic rings. The van der Waals surface area contributed by atoms with E-state index in [0.29, 0.717) is 22.6 Å². The summed E-state index contributed by atoms with van der Waals surface area (Å²) >= 11 is 0. The third-order valence-electron chi connectivity index (χ3n) is 3.00. The number of carbonyl (C=O) groups is 1. The molecule has 1 aromatic carbocycles. The van der Waals surface area contributed by atoms with Crippen molar-refractivity contribution < 1.29 is 14.3 Å². The Labute approximate surface area is 109 Å². The summed E-state index contributed by atoms with van der Waals surface area (Å²) < 4.78 is 14.5. The van der Waals surface area contributed by atoms with Crippen molar-refractivity contribution in [2.24, 2.45) is 5.73 Å². The smallest absolute Gasteiger partial charge is 0.325 e. The van der Waals surface area contributed by atoms with Crippen LogP contribution in [0.1, 0.15) is 23.0 Å². The van der Waals surface area contributed by atoms with E-state index in [-0.39, 0.29) is 5.82 Å². The Hall–Kier alpha value is -2.21. The van der Waals surface area contributed by atoms with E-state index in [1.807, 2.05) is 0 Å². The molecule has 0 aliphatic carbocycles. The van der Waals surface area contributed by atoms with E-state index >= 15 is 0 Å². The lowest BCUT2D eigenvalue weighted by atomic mass is 10.1. The first kappa shape index (κ1) is 13.2. The molecule has 0 aliphatic heterocycles. The van der Waals surface area contributed by atoms with Crippen LogP contribution in [-0.4, -0.2) is 20.9 Å². The molecule has 2 rings (SSSR count). The maximum Gasteiger partial charge on any atom is 0.325 e. The van der Waals surface area contributed by atoms with E-state index in [2.05, 4.69) is 5.10 Å². The molecule has 0 bridgehead atoms. The summed E-state index contributed by atoms with van der Waals surface area (Å²) in [6.07, 6.45) is 0. The molecule has 0 radical (unpaired) electrons. The Morgan fingerprint density at radius 1 is 1.37 bits per heavy atom. The second kappa shape index (κ2) is 4.81. The average molecular weight is 263 g/mol. The van der Waals surface area contributed by atoms with Crippen LogP contribution in [0.25, 0.3) is 5.69 Å². The fourth-order valence-corrected chi connectivity index (χ4v) is 2.06. The monoisotopic (exact) mass is 263 g/mol. The van der Waals surface area contributed by atoms with Crippen LogP contribution >= 0.6 is 0 Å². The number of hydrogen-bond donors (Lipinski definition) is 2. The lowest BCUT2D eigenvalue weighted by molar-refractivity contribution is -0.138. The molecule has 5 nitrogen and oxygen atoms in total. The Morgan fingerprint density at radius 3 is 2.47 bits per heavy atom. The molecule has 0 spiro atoms. The summed E-state index contributed by atoms with van der Waals surface area (Å²) in [5.41, 5.74) is 7.97. The highest BCUT2D eigenvalue weighted by atomic mass is 19.1. The van der Waals surface area contributed by atoms with Crippen LogP contribution in [0.2, 0.25) is 0 Å². The van der Waals surface area contributed by atoms with Crippen molar-refractivity contribution in [3.63, 3.8) is 0 Å². The van der Waals surface area contributed by atoms with Gasteiger partial charge in [0.05, 0.1) is 11.4 Å². The number of rotatable bonds is 3. The molecule has 1 heterocycles. The van der Waals surface area contributed by atoms with Crippen LogP contribution in [0.5, 0.6) is 0 Å². The predicted molar refractivity (Wildman–Crippen MR) is 67.6 cm³/mol. The minimum Gasteiger partial charge on any atom is -0.480 e. The number of nitrogens with zero attached hydrogens (tertiary/aromatic N) is 2. The Balaban J connectivity index is 2.52. The van der Waals surface area contributed by atoms with E-state index in [0.717, 1.165) is 0 Å². The number of benzene rings is 1. The molecule has 0 fully saturated rings. The summed E-state index contributed by atoms with van der Waals surface area (Å²) in [7, 11) is 0. The zero-order valence-electron chi connectivity index (χ0n) is 10.6. The molecule has 0 saturated carbocycles. The van der Waals surface area contributed by atoms with Gasteiger partial charge in [0.25, 0.3) is 0 Å². The summed E-state index contributed by atoms with van der Waals surface area (Å²) in [5.74, 6) is -1.45. The van der Waals surface area contributed by atoms with Crippen molar-refractivity contribution in [2.75, 3.05) is 0 Å². The lowest BCUT2D eigenvalue weighted by Crippen LogP contribution is -2.22. The van der Waals surface area contributed by atoms with Crippen molar-refractivity contribution in [3.05, 3.63) is 47.0 Å². The molecule has 0 amide bonds. The largest absolute Gasteiger partial charge is 0.480 e. The number of aromatic nitrogens is 2. The van der Waals surface area contributed by atoms with Gasteiger partial charge in [-0.1, -0.05) is 0 Å². The average Bonchev–Trinajstić information content (AvgIpc) is 2.65. The quantitative estimate of drug-likeness (QED) is 0.883. The van der Waals surface area contributed by atoms with Crippen LogP contribution < -0.4 is 5.73 Å². The van der Waals surface area contributed by atoms with Gasteiger partial charge in [0.2, 0.25) is 0 Å². The van der Waals surface area contributed by atoms with Crippen LogP contribution in [0.15, 0.2) is 24.3 Å². The highest BCUT2D eigenvalue weighted by molar-refractivity contribution is 5.76. The minimum absolute atomic E-state index is 0.340. The second-order valence-corrected chi connectivity index (χ2v) is 4.29. The molecular formula is C13H14FN3O2. The van der Waals surface area contributed by atoms with Gasteiger partial charge in [-0.2, -0.15) is 5.10 Å². The first-order chi connectivity index (χ1) is 8.91. The highest BCUT2D eigenvalue weighted by Gasteiger charge is 2.23. The standard InChI is InChI=1S/C13H14FN3O2/c1-7-11(12(15)13(18)19)8(2)17(16-7)10-5-3-9(14)4-6-10/h3-6,12H,15H2,1-2H3,(H,18,19). The summed E-state index contributed by atoms with van der Waals surface area (Å²) in [4.78, 5) is 11.0. The molecule has 6 heteroatoms. The van der Waals surface area contributed by atoms with Crippen molar-refractivity contribution in [3.8, 4) is 5.69 Å². The van der Waals surface area contributed by atoms with E-state index < -0.39 is 12.0 Å². The van der Waals surface area contributed by atoms with Gasteiger partial charge < -0.3 is 10.8 Å². The van der Waals surface area contributed by atoms with Gasteiger partial charge in [0.1, 0.15) is 11.9 Å². The molecule has 3 N–H and O–H groups in total. The van der Waals surface area contributed by atoms with Gasteiger partial charge in [0.15, 0.2) is 0 Å². The number of carboxylic acid groups (broad SMARTS) is 1. The molecule has 1 atom stereocenters. The SMILES string of the molecule is Cc1nn(-c2ccc(F)cc2)c(C)c1C(N)C(=O)O. The van der Waals surface area contributed by atoms with Gasteiger partial charge in [-0.25, -0.2) is 9.07 Å². The van der Waals surface area contributed by atoms with E-state index in [1.165, 1.54) is 12.1 Å². The van der Waals surface area contributed by atoms with Crippen molar-refractivity contribution in [1.82, 2.24) is 9.78 Å². The zero-order chi connectivity index (χ0) is 14.2.